The highest BCUT2D eigenvalue weighted by Gasteiger charge is 2.23. The highest BCUT2D eigenvalue weighted by molar-refractivity contribution is 9.10. The fourth-order valence-corrected chi connectivity index (χ4v) is 2.58. The topological polar surface area (TPSA) is 41.6 Å². The van der Waals surface area contributed by atoms with Crippen molar-refractivity contribution < 1.29 is 9.53 Å². The van der Waals surface area contributed by atoms with E-state index in [1.165, 1.54) is 0 Å². The van der Waals surface area contributed by atoms with Crippen molar-refractivity contribution in [2.75, 3.05) is 13.1 Å². The van der Waals surface area contributed by atoms with E-state index in [0.29, 0.717) is 19.6 Å². The van der Waals surface area contributed by atoms with Gasteiger partial charge >= 0.3 is 6.09 Å². The van der Waals surface area contributed by atoms with Gasteiger partial charge in [0.25, 0.3) is 0 Å². The number of nitrogens with zero attached hydrogens (tertiary/aromatic N) is 1. The van der Waals surface area contributed by atoms with Gasteiger partial charge in [-0.3, -0.25) is 0 Å². The third-order valence-corrected chi connectivity index (χ3v) is 3.97. The maximum absolute atomic E-state index is 12.2. The lowest BCUT2D eigenvalue weighted by Crippen LogP contribution is -2.44. The summed E-state index contributed by atoms with van der Waals surface area (Å²) in [6.45, 7) is 11.5. The first-order chi connectivity index (χ1) is 10.6. The van der Waals surface area contributed by atoms with Crippen LogP contribution in [0.5, 0.6) is 0 Å². The van der Waals surface area contributed by atoms with E-state index in [9.17, 15) is 4.79 Å². The molecule has 0 saturated carbocycles. The van der Waals surface area contributed by atoms with E-state index >= 15 is 0 Å². The minimum absolute atomic E-state index is 0.0844. The zero-order chi connectivity index (χ0) is 17.6. The molecule has 1 N–H and O–H groups in total. The smallest absolute Gasteiger partial charge is 0.410 e. The Bertz CT molecular complexity index is 530. The molecule has 0 bridgehead atoms. The number of ether oxygens (including phenoxy) is 1. The molecule has 0 heterocycles. The lowest BCUT2D eigenvalue weighted by atomic mass is 10.2. The molecule has 0 unspecified atom stereocenters. The SMILES string of the molecule is CC(C)N(CCNCc1cc(Br)ccc1Cl)C(=O)OC(C)(C)C. The van der Waals surface area contributed by atoms with E-state index in [2.05, 4.69) is 21.2 Å². The molecule has 0 aliphatic carbocycles. The molecule has 6 heteroatoms. The minimum Gasteiger partial charge on any atom is -0.444 e. The van der Waals surface area contributed by atoms with Crippen LogP contribution < -0.4 is 5.32 Å². The number of nitrogens with one attached hydrogen (secondary N) is 1. The molecule has 0 aliphatic heterocycles. The Labute approximate surface area is 152 Å². The second kappa shape index (κ2) is 8.90. The molecule has 4 nitrogen and oxygen atoms in total. The first-order valence-electron chi connectivity index (χ1n) is 7.74. The third-order valence-electron chi connectivity index (χ3n) is 3.10. The van der Waals surface area contributed by atoms with E-state index < -0.39 is 5.60 Å². The summed E-state index contributed by atoms with van der Waals surface area (Å²) in [5.41, 5.74) is 0.538. The highest BCUT2D eigenvalue weighted by Crippen LogP contribution is 2.20. The first-order valence-corrected chi connectivity index (χ1v) is 8.91. The fraction of sp³-hybridized carbons (Fsp3) is 0.588. The second-order valence-corrected chi connectivity index (χ2v) is 8.00. The molecule has 1 amide bonds. The summed E-state index contributed by atoms with van der Waals surface area (Å²) >= 11 is 9.60. The molecule has 0 fully saturated rings. The van der Waals surface area contributed by atoms with E-state index in [4.69, 9.17) is 16.3 Å². The van der Waals surface area contributed by atoms with Gasteiger partial charge in [-0.05, 0) is 58.4 Å². The molecule has 0 aromatic heterocycles. The second-order valence-electron chi connectivity index (χ2n) is 6.68. The summed E-state index contributed by atoms with van der Waals surface area (Å²) < 4.78 is 6.44. The van der Waals surface area contributed by atoms with Gasteiger partial charge in [0, 0.05) is 35.2 Å². The predicted molar refractivity (Wildman–Crippen MR) is 98.9 cm³/mol. The van der Waals surface area contributed by atoms with Crippen LogP contribution in [-0.4, -0.2) is 35.7 Å². The number of rotatable bonds is 6. The Morgan fingerprint density at radius 2 is 2.04 bits per heavy atom. The van der Waals surface area contributed by atoms with Crippen LogP contribution in [0.15, 0.2) is 22.7 Å². The van der Waals surface area contributed by atoms with Crippen molar-refractivity contribution in [2.45, 2.75) is 52.8 Å². The number of benzene rings is 1. The lowest BCUT2D eigenvalue weighted by Gasteiger charge is -2.30. The van der Waals surface area contributed by atoms with Crippen molar-refractivity contribution in [2.24, 2.45) is 0 Å². The van der Waals surface area contributed by atoms with E-state index in [-0.39, 0.29) is 12.1 Å². The van der Waals surface area contributed by atoms with Crippen LogP contribution in [0.3, 0.4) is 0 Å². The number of hydrogen-bond donors (Lipinski definition) is 1. The summed E-state index contributed by atoms with van der Waals surface area (Å²) in [6, 6.07) is 5.85. The number of carbonyl (C=O) groups excluding carboxylic acids is 1. The molecule has 130 valence electrons. The summed E-state index contributed by atoms with van der Waals surface area (Å²) in [4.78, 5) is 13.9. The van der Waals surface area contributed by atoms with Gasteiger partial charge < -0.3 is 15.0 Å². The zero-order valence-electron chi connectivity index (χ0n) is 14.5. The molecule has 0 saturated heterocycles. The standard InChI is InChI=1S/C17H26BrClN2O2/c1-12(2)21(16(22)23-17(3,4)5)9-8-20-11-13-10-14(18)6-7-15(13)19/h6-7,10,12,20H,8-9,11H2,1-5H3. The fourth-order valence-electron chi connectivity index (χ4n) is 1.98. The Morgan fingerprint density at radius 3 is 2.61 bits per heavy atom. The molecule has 1 aromatic carbocycles. The number of amides is 1. The van der Waals surface area contributed by atoms with Crippen LogP contribution in [0.1, 0.15) is 40.2 Å². The highest BCUT2D eigenvalue weighted by atomic mass is 79.9. The van der Waals surface area contributed by atoms with Gasteiger partial charge in [0.1, 0.15) is 5.60 Å². The van der Waals surface area contributed by atoms with Crippen LogP contribution in [0, 0.1) is 0 Å². The average Bonchev–Trinajstić information content (AvgIpc) is 2.39. The normalized spacial score (nSPS) is 11.7. The van der Waals surface area contributed by atoms with Gasteiger partial charge in [0.05, 0.1) is 0 Å². The van der Waals surface area contributed by atoms with Gasteiger partial charge in [-0.1, -0.05) is 27.5 Å². The van der Waals surface area contributed by atoms with Gasteiger partial charge in [0.15, 0.2) is 0 Å². The molecule has 0 radical (unpaired) electrons. The molecule has 0 atom stereocenters. The molecule has 1 rings (SSSR count). The van der Waals surface area contributed by atoms with Crippen LogP contribution in [-0.2, 0) is 11.3 Å². The van der Waals surface area contributed by atoms with Crippen LogP contribution in [0.2, 0.25) is 5.02 Å². The summed E-state index contributed by atoms with van der Waals surface area (Å²) in [5.74, 6) is 0. The van der Waals surface area contributed by atoms with Crippen LogP contribution in [0.25, 0.3) is 0 Å². The molecule has 0 aliphatic rings. The Hall–Kier alpha value is -0.780. The Morgan fingerprint density at radius 1 is 1.39 bits per heavy atom. The molecular weight excluding hydrogens is 380 g/mol. The van der Waals surface area contributed by atoms with Gasteiger partial charge in [-0.15, -0.1) is 0 Å². The van der Waals surface area contributed by atoms with Crippen molar-refractivity contribution in [3.8, 4) is 0 Å². The van der Waals surface area contributed by atoms with Crippen molar-refractivity contribution in [1.82, 2.24) is 10.2 Å². The lowest BCUT2D eigenvalue weighted by molar-refractivity contribution is 0.0193. The molecule has 0 spiro atoms. The third kappa shape index (κ3) is 7.55. The molecule has 23 heavy (non-hydrogen) atoms. The maximum Gasteiger partial charge on any atom is 0.410 e. The predicted octanol–water partition coefficient (Wildman–Crippen LogP) is 4.84. The Kier molecular flexibility index (Phi) is 7.84. The summed E-state index contributed by atoms with van der Waals surface area (Å²) in [6.07, 6.45) is -0.283. The van der Waals surface area contributed by atoms with E-state index in [1.54, 1.807) is 4.90 Å². The number of hydrogen-bond acceptors (Lipinski definition) is 3. The zero-order valence-corrected chi connectivity index (χ0v) is 16.8. The largest absolute Gasteiger partial charge is 0.444 e. The average molecular weight is 406 g/mol. The molecule has 1 aromatic rings. The van der Waals surface area contributed by atoms with E-state index in [0.717, 1.165) is 15.1 Å². The number of carbonyl (C=O) groups is 1. The first kappa shape index (κ1) is 20.3. The number of halogens is 2. The van der Waals surface area contributed by atoms with Gasteiger partial charge in [-0.2, -0.15) is 0 Å². The summed E-state index contributed by atoms with van der Waals surface area (Å²) in [7, 11) is 0. The van der Waals surface area contributed by atoms with Crippen molar-refractivity contribution >= 4 is 33.6 Å². The Balaban J connectivity index is 2.50. The van der Waals surface area contributed by atoms with Crippen molar-refractivity contribution in [1.29, 1.82) is 0 Å². The van der Waals surface area contributed by atoms with Gasteiger partial charge in [0.2, 0.25) is 0 Å². The van der Waals surface area contributed by atoms with Crippen LogP contribution >= 0.6 is 27.5 Å². The van der Waals surface area contributed by atoms with Crippen molar-refractivity contribution in [3.05, 3.63) is 33.3 Å². The van der Waals surface area contributed by atoms with Crippen LogP contribution in [0.4, 0.5) is 4.79 Å². The minimum atomic E-state index is -0.485. The van der Waals surface area contributed by atoms with Gasteiger partial charge in [-0.25, -0.2) is 4.79 Å². The van der Waals surface area contributed by atoms with Crippen molar-refractivity contribution in [3.63, 3.8) is 0 Å². The monoisotopic (exact) mass is 404 g/mol. The quantitative estimate of drug-likeness (QED) is 0.689. The van der Waals surface area contributed by atoms with E-state index in [1.807, 2.05) is 52.8 Å². The molecular formula is C17H26BrClN2O2. The summed E-state index contributed by atoms with van der Waals surface area (Å²) in [5, 5.41) is 4.05. The maximum atomic E-state index is 12.2.